The van der Waals surface area contributed by atoms with E-state index in [4.69, 9.17) is 0 Å². The molecule has 11 aromatic rings. The summed E-state index contributed by atoms with van der Waals surface area (Å²) in [5.41, 5.74) is 16.5. The van der Waals surface area contributed by atoms with Gasteiger partial charge in [-0.25, -0.2) is 0 Å². The van der Waals surface area contributed by atoms with Gasteiger partial charge in [0.1, 0.15) is 0 Å². The molecule has 2 heteroatoms. The van der Waals surface area contributed by atoms with E-state index >= 15 is 0 Å². The van der Waals surface area contributed by atoms with Gasteiger partial charge in [0.25, 0.3) is 0 Å². The number of hydrogen-bond acceptors (Lipinski definition) is 1. The standard InChI is InChI=1S/C58H40N2/c1-2-10-41(11-3-1)45-24-32-51(33-25-45)59(53-36-30-48(31-37-53)50-23-22-42-12-4-5-13-49(42)40-50)52-34-26-46(27-35-52)43-18-20-44(21-19-43)47-28-38-54(39-29-47)60-57-16-8-6-14-55(57)56-15-7-9-17-58(56)60/h1-40H. The van der Waals surface area contributed by atoms with Gasteiger partial charge in [0.15, 0.2) is 0 Å². The van der Waals surface area contributed by atoms with Crippen LogP contribution < -0.4 is 4.90 Å². The SMILES string of the molecule is c1ccc(-c2ccc(N(c3ccc(-c4ccc(-c5ccc(-n6c7ccccc7c7ccccc76)cc5)cc4)cc3)c3ccc(-c4ccc5ccccc5c4)cc3)cc2)cc1. The zero-order valence-electron chi connectivity index (χ0n) is 33.0. The lowest BCUT2D eigenvalue weighted by molar-refractivity contribution is 1.18. The zero-order valence-corrected chi connectivity index (χ0v) is 33.0. The van der Waals surface area contributed by atoms with E-state index in [1.54, 1.807) is 0 Å². The predicted octanol–water partition coefficient (Wildman–Crippen LogP) is 16.1. The molecular formula is C58H40N2. The van der Waals surface area contributed by atoms with Crippen molar-refractivity contribution >= 4 is 49.6 Å². The van der Waals surface area contributed by atoms with Crippen LogP contribution in [0.2, 0.25) is 0 Å². The fraction of sp³-hybridized carbons (Fsp3) is 0. The summed E-state index contributed by atoms with van der Waals surface area (Å²) in [6.45, 7) is 0. The predicted molar refractivity (Wildman–Crippen MR) is 255 cm³/mol. The third kappa shape index (κ3) is 6.51. The molecule has 2 nitrogen and oxygen atoms in total. The van der Waals surface area contributed by atoms with E-state index in [0.717, 1.165) is 22.7 Å². The van der Waals surface area contributed by atoms with E-state index in [9.17, 15) is 0 Å². The van der Waals surface area contributed by atoms with Crippen molar-refractivity contribution in [3.05, 3.63) is 243 Å². The monoisotopic (exact) mass is 764 g/mol. The van der Waals surface area contributed by atoms with Crippen molar-refractivity contribution in [2.24, 2.45) is 0 Å². The molecule has 0 aliphatic heterocycles. The summed E-state index contributed by atoms with van der Waals surface area (Å²) in [6.07, 6.45) is 0. The lowest BCUT2D eigenvalue weighted by Crippen LogP contribution is -2.09. The molecule has 0 aliphatic rings. The third-order valence-electron chi connectivity index (χ3n) is 11.8. The molecule has 0 aliphatic carbocycles. The maximum absolute atomic E-state index is 2.36. The number of benzene rings is 10. The van der Waals surface area contributed by atoms with Gasteiger partial charge < -0.3 is 9.47 Å². The fourth-order valence-electron chi connectivity index (χ4n) is 8.71. The summed E-state index contributed by atoms with van der Waals surface area (Å²) in [5, 5.41) is 5.05. The molecule has 0 bridgehead atoms. The molecule has 60 heavy (non-hydrogen) atoms. The maximum atomic E-state index is 2.36. The van der Waals surface area contributed by atoms with E-state index < -0.39 is 0 Å². The quantitative estimate of drug-likeness (QED) is 0.150. The number of rotatable bonds is 8. The van der Waals surface area contributed by atoms with Gasteiger partial charge in [0, 0.05) is 33.5 Å². The highest BCUT2D eigenvalue weighted by atomic mass is 15.1. The van der Waals surface area contributed by atoms with Crippen molar-refractivity contribution in [3.63, 3.8) is 0 Å². The van der Waals surface area contributed by atoms with Crippen molar-refractivity contribution in [2.75, 3.05) is 4.90 Å². The first-order valence-corrected chi connectivity index (χ1v) is 20.6. The molecule has 0 saturated heterocycles. The summed E-state index contributed by atoms with van der Waals surface area (Å²) < 4.78 is 2.36. The van der Waals surface area contributed by atoms with Gasteiger partial charge in [0.2, 0.25) is 0 Å². The van der Waals surface area contributed by atoms with Crippen LogP contribution in [-0.2, 0) is 0 Å². The molecule has 11 rings (SSSR count). The number of nitrogens with zero attached hydrogens (tertiary/aromatic N) is 2. The Morgan fingerprint density at radius 1 is 0.250 bits per heavy atom. The van der Waals surface area contributed by atoms with Crippen LogP contribution in [0.4, 0.5) is 17.1 Å². The molecule has 0 unspecified atom stereocenters. The minimum atomic E-state index is 1.10. The summed E-state index contributed by atoms with van der Waals surface area (Å²) in [5.74, 6) is 0. The van der Waals surface area contributed by atoms with Crippen LogP contribution >= 0.6 is 0 Å². The second kappa shape index (κ2) is 15.1. The van der Waals surface area contributed by atoms with Crippen molar-refractivity contribution in [2.45, 2.75) is 0 Å². The topological polar surface area (TPSA) is 8.17 Å². The first-order valence-electron chi connectivity index (χ1n) is 20.6. The average Bonchev–Trinajstić information content (AvgIpc) is 3.67. The first kappa shape index (κ1) is 35.2. The number of hydrogen-bond donors (Lipinski definition) is 0. The molecule has 0 atom stereocenters. The minimum Gasteiger partial charge on any atom is -0.311 e. The number of para-hydroxylation sites is 2. The van der Waals surface area contributed by atoms with Crippen molar-refractivity contribution < 1.29 is 0 Å². The summed E-state index contributed by atoms with van der Waals surface area (Å²) in [6, 6.07) is 87.7. The van der Waals surface area contributed by atoms with Gasteiger partial charge in [-0.1, -0.05) is 176 Å². The Kier molecular flexibility index (Phi) is 8.87. The molecule has 0 radical (unpaired) electrons. The molecule has 0 fully saturated rings. The van der Waals surface area contributed by atoms with Gasteiger partial charge in [0.05, 0.1) is 11.0 Å². The average molecular weight is 765 g/mol. The second-order valence-electron chi connectivity index (χ2n) is 15.4. The van der Waals surface area contributed by atoms with E-state index in [2.05, 4.69) is 252 Å². The van der Waals surface area contributed by atoms with Crippen molar-refractivity contribution in [1.82, 2.24) is 4.57 Å². The van der Waals surface area contributed by atoms with Gasteiger partial charge in [-0.2, -0.15) is 0 Å². The zero-order chi connectivity index (χ0) is 39.8. The molecule has 282 valence electrons. The van der Waals surface area contributed by atoms with Crippen molar-refractivity contribution in [1.29, 1.82) is 0 Å². The summed E-state index contributed by atoms with van der Waals surface area (Å²) in [7, 11) is 0. The Bertz CT molecular complexity index is 3200. The summed E-state index contributed by atoms with van der Waals surface area (Å²) in [4.78, 5) is 2.34. The van der Waals surface area contributed by atoms with Gasteiger partial charge in [-0.05, 0) is 122 Å². The molecule has 0 amide bonds. The third-order valence-corrected chi connectivity index (χ3v) is 11.8. The normalized spacial score (nSPS) is 11.3. The fourth-order valence-corrected chi connectivity index (χ4v) is 8.71. The number of fused-ring (bicyclic) bond motifs is 4. The lowest BCUT2D eigenvalue weighted by atomic mass is 9.99. The van der Waals surface area contributed by atoms with Crippen LogP contribution in [0.5, 0.6) is 0 Å². The minimum absolute atomic E-state index is 1.10. The smallest absolute Gasteiger partial charge is 0.0541 e. The van der Waals surface area contributed by atoms with Crippen LogP contribution in [0.3, 0.4) is 0 Å². The maximum Gasteiger partial charge on any atom is 0.0541 e. The Morgan fingerprint density at radius 2 is 0.600 bits per heavy atom. The molecular weight excluding hydrogens is 725 g/mol. The first-order chi connectivity index (χ1) is 29.7. The highest BCUT2D eigenvalue weighted by molar-refractivity contribution is 6.09. The molecule has 0 saturated carbocycles. The lowest BCUT2D eigenvalue weighted by Gasteiger charge is -2.26. The van der Waals surface area contributed by atoms with E-state index in [1.807, 2.05) is 0 Å². The van der Waals surface area contributed by atoms with Crippen molar-refractivity contribution in [3.8, 4) is 50.2 Å². The Balaban J connectivity index is 0.877. The highest BCUT2D eigenvalue weighted by Crippen LogP contribution is 2.39. The van der Waals surface area contributed by atoms with Gasteiger partial charge in [-0.15, -0.1) is 0 Å². The molecule has 0 N–H and O–H groups in total. The van der Waals surface area contributed by atoms with Crippen LogP contribution in [0, 0.1) is 0 Å². The molecule has 1 heterocycles. The van der Waals surface area contributed by atoms with Crippen LogP contribution in [0.25, 0.3) is 82.8 Å². The van der Waals surface area contributed by atoms with Gasteiger partial charge in [-0.3, -0.25) is 0 Å². The largest absolute Gasteiger partial charge is 0.311 e. The Labute approximate surface area is 350 Å². The Morgan fingerprint density at radius 3 is 1.10 bits per heavy atom. The molecule has 0 spiro atoms. The van der Waals surface area contributed by atoms with Crippen LogP contribution in [0.1, 0.15) is 0 Å². The highest BCUT2D eigenvalue weighted by Gasteiger charge is 2.15. The van der Waals surface area contributed by atoms with Crippen LogP contribution in [-0.4, -0.2) is 4.57 Å². The number of anilines is 3. The van der Waals surface area contributed by atoms with Gasteiger partial charge >= 0.3 is 0 Å². The molecule has 1 aromatic heterocycles. The Hall–Kier alpha value is -7.94. The summed E-state index contributed by atoms with van der Waals surface area (Å²) >= 11 is 0. The van der Waals surface area contributed by atoms with E-state index in [1.165, 1.54) is 77.1 Å². The van der Waals surface area contributed by atoms with E-state index in [0.29, 0.717) is 0 Å². The van der Waals surface area contributed by atoms with E-state index in [-0.39, 0.29) is 0 Å². The number of aromatic nitrogens is 1. The second-order valence-corrected chi connectivity index (χ2v) is 15.4. The van der Waals surface area contributed by atoms with Crippen LogP contribution in [0.15, 0.2) is 243 Å². The molecule has 10 aromatic carbocycles.